The number of oxime groups is 1. The summed E-state index contributed by atoms with van der Waals surface area (Å²) in [6.45, 7) is 6.45. The van der Waals surface area contributed by atoms with Crippen molar-refractivity contribution in [1.82, 2.24) is 9.88 Å². The van der Waals surface area contributed by atoms with Crippen LogP contribution in [0.15, 0.2) is 90.1 Å². The SMILES string of the molecule is C=CCO[C@@]12Oc3ccc(OCc4cccc(C)n4)cc3[C@H]3[C@H](CCCCO)[C@@H](CCCCO)C=C(C(=NOCc4ccc([N+](=O)[O-])cc4)C[C@@H]1N(C)C(=O)OCCCl)[C@H]32. The van der Waals surface area contributed by atoms with Crippen molar-refractivity contribution < 1.29 is 43.7 Å². The van der Waals surface area contributed by atoms with E-state index in [-0.39, 0.29) is 75.4 Å². The van der Waals surface area contributed by atoms with E-state index in [1.54, 1.807) is 25.3 Å². The van der Waals surface area contributed by atoms with E-state index in [2.05, 4.69) is 17.6 Å². The van der Waals surface area contributed by atoms with Crippen LogP contribution in [0.3, 0.4) is 0 Å². The van der Waals surface area contributed by atoms with Crippen molar-refractivity contribution in [3.8, 4) is 11.5 Å². The van der Waals surface area contributed by atoms with Crippen LogP contribution in [0.25, 0.3) is 0 Å². The number of hydrogen-bond donors (Lipinski definition) is 2. The number of aliphatic hydroxyl groups excluding tert-OH is 2. The molecule has 6 atom stereocenters. The maximum absolute atomic E-state index is 13.8. The maximum atomic E-state index is 13.8. The van der Waals surface area contributed by atoms with Gasteiger partial charge in [-0.05, 0) is 98.0 Å². The normalized spacial score (nSPS) is 23.4. The highest BCUT2D eigenvalue weighted by atomic mass is 35.5. The quantitative estimate of drug-likeness (QED) is 0.0349. The Hall–Kier alpha value is -5.02. The van der Waals surface area contributed by atoms with Crippen LogP contribution in [0, 0.1) is 34.8 Å². The lowest BCUT2D eigenvalue weighted by atomic mass is 9.55. The lowest BCUT2D eigenvalue weighted by Crippen LogP contribution is -2.69. The Labute approximate surface area is 355 Å². The minimum atomic E-state index is -1.46. The number of carbonyl (C=O) groups is 1. The number of allylic oxidation sites excluding steroid dienone is 1. The van der Waals surface area contributed by atoms with Gasteiger partial charge in [0, 0.05) is 56.0 Å². The first-order chi connectivity index (χ1) is 29.1. The van der Waals surface area contributed by atoms with Gasteiger partial charge in [0.1, 0.15) is 37.4 Å². The Kier molecular flexibility index (Phi) is 15.6. The first kappa shape index (κ1) is 44.5. The van der Waals surface area contributed by atoms with Gasteiger partial charge >= 0.3 is 6.09 Å². The van der Waals surface area contributed by atoms with Gasteiger partial charge in [0.05, 0.1) is 34.7 Å². The molecule has 15 heteroatoms. The first-order valence-electron chi connectivity index (χ1n) is 20.6. The van der Waals surface area contributed by atoms with Crippen LogP contribution in [0.4, 0.5) is 10.5 Å². The molecule has 14 nitrogen and oxygen atoms in total. The lowest BCUT2D eigenvalue weighted by Gasteiger charge is -2.59. The minimum absolute atomic E-state index is 0.00144. The van der Waals surface area contributed by atoms with Crippen molar-refractivity contribution in [3.05, 3.63) is 118 Å². The molecule has 2 N–H and O–H groups in total. The molecular weight excluding hydrogens is 792 g/mol. The van der Waals surface area contributed by atoms with E-state index in [1.165, 1.54) is 17.0 Å². The number of aliphatic hydroxyl groups is 2. The van der Waals surface area contributed by atoms with Crippen molar-refractivity contribution in [1.29, 1.82) is 0 Å². The fourth-order valence-electron chi connectivity index (χ4n) is 8.91. The Morgan fingerprint density at radius 2 is 1.87 bits per heavy atom. The number of nitro groups is 1. The number of nitrogens with zero attached hydrogens (tertiary/aromatic N) is 4. The van der Waals surface area contributed by atoms with Crippen LogP contribution in [0.2, 0.25) is 0 Å². The lowest BCUT2D eigenvalue weighted by molar-refractivity contribution is -0.384. The number of hydrogen-bond acceptors (Lipinski definition) is 12. The molecule has 1 saturated carbocycles. The highest BCUT2D eigenvalue weighted by molar-refractivity contribution is 6.18. The molecule has 0 bridgehead atoms. The zero-order valence-electron chi connectivity index (χ0n) is 34.2. The number of likely N-dealkylation sites (N-methyl/N-ethyl adjacent to an activating group) is 1. The zero-order valence-corrected chi connectivity index (χ0v) is 35.0. The Morgan fingerprint density at radius 1 is 1.10 bits per heavy atom. The molecule has 6 rings (SSSR count). The third-order valence-corrected chi connectivity index (χ3v) is 11.7. The Bertz CT molecular complexity index is 2010. The predicted octanol–water partition coefficient (Wildman–Crippen LogP) is 8.02. The molecule has 1 aliphatic heterocycles. The topological polar surface area (TPSA) is 175 Å². The van der Waals surface area contributed by atoms with Crippen LogP contribution in [-0.2, 0) is 27.5 Å². The van der Waals surface area contributed by atoms with Crippen LogP contribution in [-0.4, -0.2) is 88.0 Å². The van der Waals surface area contributed by atoms with Crippen molar-refractivity contribution in [2.24, 2.45) is 22.9 Å². The standard InChI is InChI=1S/C45H55ClN4O10/c1-4-23-58-45-41(49(3)44(53)56-24-20-46)27-39(48-59-28-31-14-16-34(17-15-31)50(54)55)37-25-32(11-5-7-21-51)36(13-6-8-22-52)42(43(37)45)38-26-35(18-19-40(38)60-45)57-29-33-12-9-10-30(2)47-33/h4,9-10,12,14-19,25-26,32,36,41-43,51-52H,1,5-8,11,13,20-24,27-29H2,2-3H3/t32-,36+,41-,42+,43+,45+/m0/s1. The van der Waals surface area contributed by atoms with Gasteiger partial charge in [-0.1, -0.05) is 36.2 Å². The number of fused-ring (bicyclic) bond motifs is 2. The molecule has 3 aromatic rings. The molecule has 1 amide bonds. The molecule has 0 spiro atoms. The van der Waals surface area contributed by atoms with Crippen molar-refractivity contribution in [2.45, 2.75) is 82.8 Å². The van der Waals surface area contributed by atoms with Gasteiger partial charge in [0.2, 0.25) is 5.79 Å². The highest BCUT2D eigenvalue weighted by Crippen LogP contribution is 2.61. The van der Waals surface area contributed by atoms with E-state index in [0.29, 0.717) is 35.6 Å². The highest BCUT2D eigenvalue weighted by Gasteiger charge is 2.65. The van der Waals surface area contributed by atoms with Gasteiger partial charge in [-0.3, -0.25) is 15.1 Å². The van der Waals surface area contributed by atoms with Crippen LogP contribution in [0.1, 0.15) is 73.4 Å². The summed E-state index contributed by atoms with van der Waals surface area (Å²) in [6.07, 6.45) is 7.84. The third kappa shape index (κ3) is 10.1. The average Bonchev–Trinajstić information content (AvgIpc) is 3.25. The number of carbonyl (C=O) groups excluding carboxylic acids is 1. The number of amides is 1. The van der Waals surface area contributed by atoms with Gasteiger partial charge in [0.25, 0.3) is 5.69 Å². The van der Waals surface area contributed by atoms with Gasteiger partial charge < -0.3 is 38.9 Å². The molecule has 0 unspecified atom stereocenters. The number of aromatic nitrogens is 1. The monoisotopic (exact) mass is 846 g/mol. The first-order valence-corrected chi connectivity index (χ1v) is 21.1. The number of ether oxygens (including phenoxy) is 4. The van der Waals surface area contributed by atoms with Crippen molar-refractivity contribution in [3.63, 3.8) is 0 Å². The third-order valence-electron chi connectivity index (χ3n) is 11.6. The molecule has 0 radical (unpaired) electrons. The summed E-state index contributed by atoms with van der Waals surface area (Å²) in [6, 6.07) is 16.9. The second kappa shape index (κ2) is 21.0. The minimum Gasteiger partial charge on any atom is -0.487 e. The van der Waals surface area contributed by atoms with E-state index in [4.69, 9.17) is 40.5 Å². The fraction of sp³-hybridized carbons (Fsp3) is 0.489. The van der Waals surface area contributed by atoms with Gasteiger partial charge in [-0.15, -0.1) is 18.2 Å². The molecule has 1 fully saturated rings. The number of halogens is 1. The van der Waals surface area contributed by atoms with E-state index < -0.39 is 28.8 Å². The van der Waals surface area contributed by atoms with E-state index >= 15 is 0 Å². The molecule has 2 aromatic carbocycles. The molecule has 0 saturated heterocycles. The molecule has 3 aliphatic rings. The number of aryl methyl sites for hydroxylation is 1. The molecule has 1 aromatic heterocycles. The van der Waals surface area contributed by atoms with Gasteiger partial charge in [-0.2, -0.15) is 0 Å². The van der Waals surface area contributed by atoms with Crippen LogP contribution >= 0.6 is 11.6 Å². The summed E-state index contributed by atoms with van der Waals surface area (Å²) in [5.74, 6) is -0.863. The summed E-state index contributed by atoms with van der Waals surface area (Å²) in [5.41, 5.74) is 4.71. The Balaban J connectivity index is 1.51. The largest absolute Gasteiger partial charge is 0.487 e. The summed E-state index contributed by atoms with van der Waals surface area (Å²) in [5, 5.41) is 35.8. The zero-order chi connectivity index (χ0) is 42.6. The predicted molar refractivity (Wildman–Crippen MR) is 226 cm³/mol. The molecule has 60 heavy (non-hydrogen) atoms. The molecule has 322 valence electrons. The number of benzene rings is 2. The Morgan fingerprint density at radius 3 is 2.57 bits per heavy atom. The second-order valence-corrected chi connectivity index (χ2v) is 15.8. The summed E-state index contributed by atoms with van der Waals surface area (Å²) in [4.78, 5) is 36.7. The number of unbranched alkanes of at least 4 members (excludes halogenated alkanes) is 2. The number of pyridine rings is 1. The number of rotatable bonds is 21. The summed E-state index contributed by atoms with van der Waals surface area (Å²) >= 11 is 5.95. The van der Waals surface area contributed by atoms with Crippen LogP contribution in [0.5, 0.6) is 11.5 Å². The van der Waals surface area contributed by atoms with E-state index in [0.717, 1.165) is 48.2 Å². The second-order valence-electron chi connectivity index (χ2n) is 15.4. The van der Waals surface area contributed by atoms with E-state index in [9.17, 15) is 25.1 Å². The number of nitro benzene ring substituents is 1. The number of alkyl halides is 1. The number of non-ortho nitro benzene ring substituents is 1. The fourth-order valence-corrected chi connectivity index (χ4v) is 8.99. The summed E-state index contributed by atoms with van der Waals surface area (Å²) < 4.78 is 26.0. The summed E-state index contributed by atoms with van der Waals surface area (Å²) in [7, 11) is 1.65. The van der Waals surface area contributed by atoms with Gasteiger partial charge in [-0.25, -0.2) is 4.79 Å². The van der Waals surface area contributed by atoms with Crippen LogP contribution < -0.4 is 9.47 Å². The van der Waals surface area contributed by atoms with Gasteiger partial charge in [0.15, 0.2) is 0 Å². The molecular formula is C45H55ClN4O10. The maximum Gasteiger partial charge on any atom is 0.410 e. The van der Waals surface area contributed by atoms with E-state index in [1.807, 2.05) is 43.3 Å². The van der Waals surface area contributed by atoms with Crippen molar-refractivity contribution >= 4 is 29.1 Å². The van der Waals surface area contributed by atoms with Crippen molar-refractivity contribution in [2.75, 3.05) is 39.4 Å². The molecule has 2 heterocycles. The molecule has 2 aliphatic carbocycles. The average molecular weight is 847 g/mol. The smallest absolute Gasteiger partial charge is 0.410 e.